The SMILES string of the molecule is O=C1NCCCCNC(=O)c2ccccc2OCCOCCOc2ccccc21. The van der Waals surface area contributed by atoms with Crippen LogP contribution in [0.4, 0.5) is 0 Å². The molecule has 7 heteroatoms. The van der Waals surface area contributed by atoms with E-state index in [-0.39, 0.29) is 11.8 Å². The Morgan fingerprint density at radius 1 is 0.621 bits per heavy atom. The molecule has 2 N–H and O–H groups in total. The summed E-state index contributed by atoms with van der Waals surface area (Å²) in [7, 11) is 0. The van der Waals surface area contributed by atoms with Crippen LogP contribution in [0.3, 0.4) is 0 Å². The molecule has 2 aromatic carbocycles. The van der Waals surface area contributed by atoms with Crippen LogP contribution in [-0.4, -0.2) is 51.3 Å². The summed E-state index contributed by atoms with van der Waals surface area (Å²) in [6.45, 7) is 2.41. The van der Waals surface area contributed by atoms with E-state index < -0.39 is 0 Å². The van der Waals surface area contributed by atoms with E-state index >= 15 is 0 Å². The van der Waals surface area contributed by atoms with Gasteiger partial charge in [-0.1, -0.05) is 24.3 Å². The Labute approximate surface area is 170 Å². The van der Waals surface area contributed by atoms with E-state index in [4.69, 9.17) is 14.2 Å². The number of ether oxygens (including phenoxy) is 3. The van der Waals surface area contributed by atoms with Gasteiger partial charge >= 0.3 is 0 Å². The number of rotatable bonds is 0. The third kappa shape index (κ3) is 6.22. The number of fused-ring (bicyclic) bond motifs is 2. The Balaban J connectivity index is 1.63. The van der Waals surface area contributed by atoms with Crippen LogP contribution in [0, 0.1) is 0 Å². The number of para-hydroxylation sites is 2. The summed E-state index contributed by atoms with van der Waals surface area (Å²) >= 11 is 0. The number of amides is 2. The molecule has 0 atom stereocenters. The highest BCUT2D eigenvalue weighted by atomic mass is 16.5. The molecule has 0 bridgehead atoms. The molecular weight excluding hydrogens is 372 g/mol. The third-order valence-electron chi connectivity index (χ3n) is 4.41. The summed E-state index contributed by atoms with van der Waals surface area (Å²) in [5.41, 5.74) is 0.995. The molecule has 0 aliphatic carbocycles. The summed E-state index contributed by atoms with van der Waals surface area (Å²) in [4.78, 5) is 24.8. The number of benzene rings is 2. The topological polar surface area (TPSA) is 85.9 Å². The maximum absolute atomic E-state index is 12.4. The summed E-state index contributed by atoms with van der Waals surface area (Å²) < 4.78 is 17.0. The molecular formula is C22H26N2O5. The van der Waals surface area contributed by atoms with E-state index in [9.17, 15) is 9.59 Å². The van der Waals surface area contributed by atoms with Crippen LogP contribution in [0.2, 0.25) is 0 Å². The fourth-order valence-corrected chi connectivity index (χ4v) is 2.93. The van der Waals surface area contributed by atoms with Crippen LogP contribution >= 0.6 is 0 Å². The normalized spacial score (nSPS) is 17.0. The Morgan fingerprint density at radius 2 is 1.07 bits per heavy atom. The van der Waals surface area contributed by atoms with E-state index in [0.29, 0.717) is 62.1 Å². The van der Waals surface area contributed by atoms with Crippen molar-refractivity contribution in [2.45, 2.75) is 12.8 Å². The van der Waals surface area contributed by atoms with Gasteiger partial charge in [0.1, 0.15) is 24.7 Å². The standard InChI is InChI=1S/C22H26N2O5/c25-21-17-7-1-3-9-19(17)28-15-13-27-14-16-29-20-10-4-2-8-18(20)22(26)24-12-6-5-11-23-21/h1-4,7-10H,5-6,11-16H2,(H,23,25)(H,24,26). The number of carbonyl (C=O) groups is 2. The van der Waals surface area contributed by atoms with Crippen molar-refractivity contribution >= 4 is 11.8 Å². The van der Waals surface area contributed by atoms with E-state index in [1.807, 2.05) is 12.1 Å². The second-order valence-corrected chi connectivity index (χ2v) is 6.52. The Kier molecular flexibility index (Phi) is 7.89. The molecule has 3 rings (SSSR count). The van der Waals surface area contributed by atoms with Crippen molar-refractivity contribution in [3.8, 4) is 11.5 Å². The van der Waals surface area contributed by atoms with Gasteiger partial charge < -0.3 is 24.8 Å². The minimum absolute atomic E-state index is 0.175. The first kappa shape index (κ1) is 20.7. The summed E-state index contributed by atoms with van der Waals surface area (Å²) in [6, 6.07) is 14.3. The monoisotopic (exact) mass is 398 g/mol. The molecule has 1 aliphatic rings. The van der Waals surface area contributed by atoms with Gasteiger partial charge in [0.05, 0.1) is 24.3 Å². The van der Waals surface area contributed by atoms with Crippen molar-refractivity contribution in [1.82, 2.24) is 10.6 Å². The second kappa shape index (κ2) is 11.1. The molecule has 0 spiro atoms. The predicted molar refractivity (Wildman–Crippen MR) is 109 cm³/mol. The van der Waals surface area contributed by atoms with E-state index in [2.05, 4.69) is 10.6 Å². The summed E-state index contributed by atoms with van der Waals surface area (Å²) in [5, 5.41) is 5.79. The van der Waals surface area contributed by atoms with Gasteiger partial charge in [-0.3, -0.25) is 9.59 Å². The number of nitrogens with one attached hydrogen (secondary N) is 2. The van der Waals surface area contributed by atoms with E-state index in [1.54, 1.807) is 36.4 Å². The van der Waals surface area contributed by atoms with E-state index in [0.717, 1.165) is 12.8 Å². The van der Waals surface area contributed by atoms with E-state index in [1.165, 1.54) is 0 Å². The van der Waals surface area contributed by atoms with Gasteiger partial charge in [-0.05, 0) is 37.1 Å². The van der Waals surface area contributed by atoms with Gasteiger partial charge in [-0.25, -0.2) is 0 Å². The molecule has 1 aliphatic heterocycles. The predicted octanol–water partition coefficient (Wildman–Crippen LogP) is 2.41. The van der Waals surface area contributed by atoms with Gasteiger partial charge in [0, 0.05) is 13.1 Å². The van der Waals surface area contributed by atoms with Crippen molar-refractivity contribution in [3.63, 3.8) is 0 Å². The van der Waals surface area contributed by atoms with Gasteiger partial charge in [0.25, 0.3) is 11.8 Å². The quantitative estimate of drug-likeness (QED) is 0.712. The number of hydrogen-bond donors (Lipinski definition) is 2. The second-order valence-electron chi connectivity index (χ2n) is 6.52. The molecule has 29 heavy (non-hydrogen) atoms. The largest absolute Gasteiger partial charge is 0.490 e. The van der Waals surface area contributed by atoms with Gasteiger partial charge in [0.15, 0.2) is 0 Å². The lowest BCUT2D eigenvalue weighted by molar-refractivity contribution is 0.0750. The zero-order chi connectivity index (χ0) is 20.3. The van der Waals surface area contributed by atoms with Crippen LogP contribution in [0.5, 0.6) is 11.5 Å². The lowest BCUT2D eigenvalue weighted by atomic mass is 10.1. The van der Waals surface area contributed by atoms with Crippen LogP contribution in [0.25, 0.3) is 0 Å². The molecule has 1 heterocycles. The number of carbonyl (C=O) groups excluding carboxylic acids is 2. The van der Waals surface area contributed by atoms with Crippen molar-refractivity contribution in [2.24, 2.45) is 0 Å². The van der Waals surface area contributed by atoms with Crippen molar-refractivity contribution in [3.05, 3.63) is 59.7 Å². The fourth-order valence-electron chi connectivity index (χ4n) is 2.93. The van der Waals surface area contributed by atoms with Crippen molar-refractivity contribution < 1.29 is 23.8 Å². The zero-order valence-electron chi connectivity index (χ0n) is 16.3. The van der Waals surface area contributed by atoms with Crippen LogP contribution in [0.15, 0.2) is 48.5 Å². The third-order valence-corrected chi connectivity index (χ3v) is 4.41. The smallest absolute Gasteiger partial charge is 0.255 e. The first-order chi connectivity index (χ1) is 14.3. The maximum atomic E-state index is 12.4. The minimum Gasteiger partial charge on any atom is -0.490 e. The molecule has 2 aromatic rings. The molecule has 154 valence electrons. The molecule has 0 fully saturated rings. The fraction of sp³-hybridized carbons (Fsp3) is 0.364. The summed E-state index contributed by atoms with van der Waals surface area (Å²) in [5.74, 6) is 0.713. The first-order valence-corrected chi connectivity index (χ1v) is 9.83. The molecule has 2 amide bonds. The molecule has 0 radical (unpaired) electrons. The Morgan fingerprint density at radius 3 is 1.55 bits per heavy atom. The van der Waals surface area contributed by atoms with Crippen molar-refractivity contribution in [1.29, 1.82) is 0 Å². The lowest BCUT2D eigenvalue weighted by Crippen LogP contribution is -2.28. The van der Waals surface area contributed by atoms with Crippen LogP contribution in [0.1, 0.15) is 33.6 Å². The molecule has 7 nitrogen and oxygen atoms in total. The molecule has 0 aromatic heterocycles. The highest BCUT2D eigenvalue weighted by Gasteiger charge is 2.13. The van der Waals surface area contributed by atoms with Crippen molar-refractivity contribution in [2.75, 3.05) is 39.5 Å². The minimum atomic E-state index is -0.175. The number of hydrogen-bond acceptors (Lipinski definition) is 5. The van der Waals surface area contributed by atoms with Gasteiger partial charge in [-0.15, -0.1) is 0 Å². The first-order valence-electron chi connectivity index (χ1n) is 9.83. The van der Waals surface area contributed by atoms with Gasteiger partial charge in [0.2, 0.25) is 0 Å². The lowest BCUT2D eigenvalue weighted by Gasteiger charge is -2.12. The Hall–Kier alpha value is -3.06. The average Bonchev–Trinajstić information content (AvgIpc) is 2.75. The molecule has 0 saturated heterocycles. The Bertz CT molecular complexity index is 757. The van der Waals surface area contributed by atoms with Gasteiger partial charge in [-0.2, -0.15) is 0 Å². The average molecular weight is 398 g/mol. The highest BCUT2D eigenvalue weighted by Crippen LogP contribution is 2.19. The molecule has 0 unspecified atom stereocenters. The molecule has 0 saturated carbocycles. The maximum Gasteiger partial charge on any atom is 0.255 e. The highest BCUT2D eigenvalue weighted by molar-refractivity contribution is 5.97. The van der Waals surface area contributed by atoms with Crippen LogP contribution in [-0.2, 0) is 4.74 Å². The zero-order valence-corrected chi connectivity index (χ0v) is 16.3. The van der Waals surface area contributed by atoms with Crippen LogP contribution < -0.4 is 20.1 Å². The summed E-state index contributed by atoms with van der Waals surface area (Å²) in [6.07, 6.45) is 1.50.